The molecule has 2 aromatic heterocycles. The van der Waals surface area contributed by atoms with Crippen molar-refractivity contribution < 1.29 is 39.5 Å². The lowest BCUT2D eigenvalue weighted by atomic mass is 9.96. The molecule has 0 aliphatic heterocycles. The Hall–Kier alpha value is -6.50. The van der Waals surface area contributed by atoms with E-state index in [2.05, 4.69) is 4.98 Å². The summed E-state index contributed by atoms with van der Waals surface area (Å²) >= 11 is 0. The Morgan fingerprint density at radius 2 is 0.855 bits per heavy atom. The highest BCUT2D eigenvalue weighted by atomic mass is 19.4. The Labute approximate surface area is 306 Å². The zero-order chi connectivity index (χ0) is 38.7. The van der Waals surface area contributed by atoms with Gasteiger partial charge in [0.05, 0.1) is 33.4 Å². The van der Waals surface area contributed by atoms with Crippen LogP contribution in [0.1, 0.15) is 16.7 Å². The second-order valence-corrected chi connectivity index (χ2v) is 12.6. The molecule has 274 valence electrons. The Bertz CT molecular complexity index is 2630. The third kappa shape index (κ3) is 6.77. The van der Waals surface area contributed by atoms with Gasteiger partial charge in [0.2, 0.25) is 0 Å². The van der Waals surface area contributed by atoms with Crippen molar-refractivity contribution >= 4 is 21.8 Å². The summed E-state index contributed by atoms with van der Waals surface area (Å²) in [5.41, 5.74) is -2.82. The van der Waals surface area contributed by atoms with E-state index in [-0.39, 0.29) is 45.9 Å². The summed E-state index contributed by atoms with van der Waals surface area (Å²) in [4.78, 5) is 14.1. The Kier molecular flexibility index (Phi) is 8.47. The third-order valence-corrected chi connectivity index (χ3v) is 9.10. The van der Waals surface area contributed by atoms with Crippen molar-refractivity contribution in [3.63, 3.8) is 0 Å². The van der Waals surface area contributed by atoms with Crippen LogP contribution in [0.2, 0.25) is 0 Å². The molecule has 0 aliphatic rings. The molecule has 0 unspecified atom stereocenters. The Morgan fingerprint density at radius 1 is 0.364 bits per heavy atom. The lowest BCUT2D eigenvalue weighted by Gasteiger charge is -2.19. The van der Waals surface area contributed by atoms with Crippen LogP contribution in [0.25, 0.3) is 72.8 Å². The van der Waals surface area contributed by atoms with E-state index in [1.54, 1.807) is 72.8 Å². The van der Waals surface area contributed by atoms with Crippen molar-refractivity contribution in [3.05, 3.63) is 156 Å². The first-order valence-corrected chi connectivity index (χ1v) is 16.6. The maximum absolute atomic E-state index is 14.2. The molecular formula is C42H23F9N4. The molecule has 0 spiro atoms. The van der Waals surface area contributed by atoms with Crippen molar-refractivity contribution in [1.82, 2.24) is 19.5 Å². The van der Waals surface area contributed by atoms with Crippen LogP contribution >= 0.6 is 0 Å². The maximum Gasteiger partial charge on any atom is 0.416 e. The van der Waals surface area contributed by atoms with Gasteiger partial charge in [-0.1, -0.05) is 97.1 Å². The van der Waals surface area contributed by atoms with Gasteiger partial charge < -0.3 is 4.57 Å². The summed E-state index contributed by atoms with van der Waals surface area (Å²) in [7, 11) is 0. The minimum Gasteiger partial charge on any atom is -0.309 e. The SMILES string of the molecule is FC(F)(F)c1cc(-c2ccc(-c3nc(-c4ccccc4)nc(-c4ccccc4)n3)cc2-n2c3ccccc3c3ccc(C(F)(F)F)cc32)cc(C(F)(F)F)c1. The second-order valence-electron chi connectivity index (χ2n) is 12.6. The Morgan fingerprint density at radius 3 is 1.40 bits per heavy atom. The number of benzene rings is 6. The fourth-order valence-electron chi connectivity index (χ4n) is 6.55. The summed E-state index contributed by atoms with van der Waals surface area (Å²) in [5.74, 6) is 0.640. The number of fused-ring (bicyclic) bond motifs is 3. The highest BCUT2D eigenvalue weighted by molar-refractivity contribution is 6.10. The summed E-state index contributed by atoms with van der Waals surface area (Å²) in [5, 5.41) is 0.873. The molecule has 0 aliphatic carbocycles. The lowest BCUT2D eigenvalue weighted by molar-refractivity contribution is -0.143. The highest BCUT2D eigenvalue weighted by Crippen LogP contribution is 2.43. The van der Waals surface area contributed by atoms with Gasteiger partial charge in [-0.05, 0) is 48.0 Å². The molecule has 0 atom stereocenters. The summed E-state index contributed by atoms with van der Waals surface area (Å²) in [6.45, 7) is 0. The normalized spacial score (nSPS) is 12.5. The first kappa shape index (κ1) is 35.5. The number of nitrogens with zero attached hydrogens (tertiary/aromatic N) is 4. The minimum atomic E-state index is -5.16. The molecule has 0 bridgehead atoms. The topological polar surface area (TPSA) is 43.6 Å². The molecule has 0 radical (unpaired) electrons. The van der Waals surface area contributed by atoms with E-state index in [9.17, 15) is 39.5 Å². The van der Waals surface area contributed by atoms with E-state index in [1.165, 1.54) is 28.8 Å². The summed E-state index contributed by atoms with van der Waals surface area (Å²) in [6, 6.07) is 33.0. The van der Waals surface area contributed by atoms with E-state index in [4.69, 9.17) is 9.97 Å². The standard InChI is InChI=1S/C42H23F9N4/c43-40(44,45)28-16-18-33-32-13-7-8-14-34(32)55(36(33)23-28)35-21-26(15-17-31(35)27-19-29(41(46,47)48)22-30(20-27)42(49,50)51)39-53-37(24-9-3-1-4-10-24)52-38(54-39)25-11-5-2-6-12-25/h1-23H. The van der Waals surface area contributed by atoms with Crippen LogP contribution < -0.4 is 0 Å². The molecule has 0 saturated heterocycles. The van der Waals surface area contributed by atoms with Gasteiger partial charge in [0.1, 0.15) is 0 Å². The fraction of sp³-hybridized carbons (Fsp3) is 0.0714. The van der Waals surface area contributed by atoms with Crippen molar-refractivity contribution in [2.45, 2.75) is 18.5 Å². The van der Waals surface area contributed by atoms with Gasteiger partial charge in [0, 0.05) is 33.0 Å². The van der Waals surface area contributed by atoms with Crippen LogP contribution in [0.15, 0.2) is 140 Å². The molecule has 8 aromatic rings. The lowest BCUT2D eigenvalue weighted by Crippen LogP contribution is -2.11. The van der Waals surface area contributed by atoms with Crippen molar-refractivity contribution in [3.8, 4) is 51.0 Å². The van der Waals surface area contributed by atoms with Gasteiger partial charge in [-0.2, -0.15) is 39.5 Å². The van der Waals surface area contributed by atoms with Gasteiger partial charge in [0.15, 0.2) is 17.5 Å². The smallest absolute Gasteiger partial charge is 0.309 e. The van der Waals surface area contributed by atoms with Crippen LogP contribution in [0, 0.1) is 0 Å². The molecule has 55 heavy (non-hydrogen) atoms. The predicted octanol–water partition coefficient (Wildman–Crippen LogP) is 12.7. The van der Waals surface area contributed by atoms with Gasteiger partial charge in [-0.15, -0.1) is 0 Å². The van der Waals surface area contributed by atoms with E-state index < -0.39 is 40.8 Å². The molecule has 0 N–H and O–H groups in total. The van der Waals surface area contributed by atoms with E-state index >= 15 is 0 Å². The zero-order valence-electron chi connectivity index (χ0n) is 28.0. The fourth-order valence-corrected chi connectivity index (χ4v) is 6.55. The third-order valence-electron chi connectivity index (χ3n) is 9.10. The molecule has 0 saturated carbocycles. The van der Waals surface area contributed by atoms with Crippen LogP contribution in [-0.4, -0.2) is 19.5 Å². The van der Waals surface area contributed by atoms with Crippen LogP contribution in [0.4, 0.5) is 39.5 Å². The first-order valence-electron chi connectivity index (χ1n) is 16.6. The van der Waals surface area contributed by atoms with Gasteiger partial charge in [-0.3, -0.25) is 0 Å². The van der Waals surface area contributed by atoms with E-state index in [1.807, 2.05) is 12.1 Å². The minimum absolute atomic E-state index is 0.0154. The molecule has 8 rings (SSSR count). The number of hydrogen-bond donors (Lipinski definition) is 0. The number of para-hydroxylation sites is 1. The van der Waals surface area contributed by atoms with Crippen LogP contribution in [-0.2, 0) is 18.5 Å². The quantitative estimate of drug-likeness (QED) is 0.164. The number of alkyl halides is 9. The van der Waals surface area contributed by atoms with Gasteiger partial charge in [0.25, 0.3) is 0 Å². The number of aromatic nitrogens is 4. The van der Waals surface area contributed by atoms with Crippen molar-refractivity contribution in [2.24, 2.45) is 0 Å². The van der Waals surface area contributed by atoms with E-state index in [0.29, 0.717) is 39.5 Å². The van der Waals surface area contributed by atoms with Crippen molar-refractivity contribution in [2.75, 3.05) is 0 Å². The second kappa shape index (κ2) is 13.1. The average molecular weight is 755 g/mol. The van der Waals surface area contributed by atoms with Crippen molar-refractivity contribution in [1.29, 1.82) is 0 Å². The van der Waals surface area contributed by atoms with Gasteiger partial charge in [-0.25, -0.2) is 15.0 Å². The van der Waals surface area contributed by atoms with Crippen LogP contribution in [0.5, 0.6) is 0 Å². The first-order chi connectivity index (χ1) is 26.1. The highest BCUT2D eigenvalue weighted by Gasteiger charge is 2.37. The molecule has 13 heteroatoms. The largest absolute Gasteiger partial charge is 0.416 e. The monoisotopic (exact) mass is 754 g/mol. The Balaban J connectivity index is 1.47. The zero-order valence-corrected chi connectivity index (χ0v) is 28.0. The summed E-state index contributed by atoms with van der Waals surface area (Å²) < 4.78 is 129. The maximum atomic E-state index is 14.2. The average Bonchev–Trinajstić information content (AvgIpc) is 3.50. The molecule has 6 aromatic carbocycles. The summed E-state index contributed by atoms with van der Waals surface area (Å²) in [6.07, 6.45) is -15.1. The van der Waals surface area contributed by atoms with Gasteiger partial charge >= 0.3 is 18.5 Å². The molecule has 2 heterocycles. The molecular weight excluding hydrogens is 731 g/mol. The molecule has 4 nitrogen and oxygen atoms in total. The molecule has 0 amide bonds. The van der Waals surface area contributed by atoms with Crippen LogP contribution in [0.3, 0.4) is 0 Å². The number of hydrogen-bond acceptors (Lipinski definition) is 3. The number of rotatable bonds is 5. The predicted molar refractivity (Wildman–Crippen MR) is 191 cm³/mol. The number of halogens is 9. The molecule has 0 fully saturated rings. The van der Waals surface area contributed by atoms with E-state index in [0.717, 1.165) is 12.1 Å².